The van der Waals surface area contributed by atoms with E-state index in [9.17, 15) is 13.2 Å². The zero-order valence-electron chi connectivity index (χ0n) is 10.5. The van der Waals surface area contributed by atoms with Gasteiger partial charge in [0.1, 0.15) is 6.04 Å². The summed E-state index contributed by atoms with van der Waals surface area (Å²) in [7, 11) is -2.08. The molecular formula is C10H21NO5S. The number of sulfonamides is 1. The molecule has 0 aliphatic rings. The fourth-order valence-corrected chi connectivity index (χ4v) is 2.63. The first-order chi connectivity index (χ1) is 7.84. The van der Waals surface area contributed by atoms with Crippen molar-refractivity contribution in [3.8, 4) is 0 Å². The molecule has 0 aromatic carbocycles. The molecule has 0 saturated carbocycles. The molecule has 102 valence electrons. The lowest BCUT2D eigenvalue weighted by molar-refractivity contribution is -0.140. The number of carbonyl (C=O) groups is 1. The van der Waals surface area contributed by atoms with Crippen molar-refractivity contribution in [2.75, 3.05) is 19.5 Å². The van der Waals surface area contributed by atoms with Gasteiger partial charge in [-0.3, -0.25) is 4.79 Å². The van der Waals surface area contributed by atoms with Crippen LogP contribution in [0.2, 0.25) is 0 Å². The maximum atomic E-state index is 11.6. The Morgan fingerprint density at radius 2 is 2.06 bits per heavy atom. The van der Waals surface area contributed by atoms with E-state index in [1.807, 2.05) is 6.92 Å². The fourth-order valence-electron chi connectivity index (χ4n) is 1.29. The van der Waals surface area contributed by atoms with Gasteiger partial charge in [-0.2, -0.15) is 0 Å². The molecule has 0 fully saturated rings. The molecule has 0 bridgehead atoms. The molecule has 0 heterocycles. The first-order valence-electron chi connectivity index (χ1n) is 5.55. The van der Waals surface area contributed by atoms with Gasteiger partial charge < -0.3 is 9.84 Å². The lowest BCUT2D eigenvalue weighted by atomic mass is 10.0. The number of hydrogen-bond acceptors (Lipinski definition) is 4. The highest BCUT2D eigenvalue weighted by Gasteiger charge is 2.27. The Hall–Kier alpha value is -0.660. The summed E-state index contributed by atoms with van der Waals surface area (Å²) in [6, 6.07) is -1.06. The minimum Gasteiger partial charge on any atom is -0.480 e. The van der Waals surface area contributed by atoms with Crippen molar-refractivity contribution in [3.05, 3.63) is 0 Å². The Balaban J connectivity index is 4.48. The van der Waals surface area contributed by atoms with Crippen molar-refractivity contribution in [1.82, 2.24) is 4.72 Å². The van der Waals surface area contributed by atoms with Crippen molar-refractivity contribution in [3.63, 3.8) is 0 Å². The van der Waals surface area contributed by atoms with E-state index in [0.29, 0.717) is 19.4 Å². The molecule has 0 aliphatic carbocycles. The van der Waals surface area contributed by atoms with Gasteiger partial charge in [-0.25, -0.2) is 13.1 Å². The normalized spacial score (nSPS) is 15.5. The second kappa shape index (κ2) is 7.62. The Morgan fingerprint density at radius 1 is 1.47 bits per heavy atom. The van der Waals surface area contributed by atoms with Crippen molar-refractivity contribution in [1.29, 1.82) is 0 Å². The van der Waals surface area contributed by atoms with Crippen LogP contribution in [0.4, 0.5) is 0 Å². The van der Waals surface area contributed by atoms with Crippen LogP contribution in [0.1, 0.15) is 26.7 Å². The molecule has 0 radical (unpaired) electrons. The Morgan fingerprint density at radius 3 is 2.47 bits per heavy atom. The molecule has 2 atom stereocenters. The van der Waals surface area contributed by atoms with Gasteiger partial charge in [0.2, 0.25) is 10.0 Å². The summed E-state index contributed by atoms with van der Waals surface area (Å²) in [6.45, 7) is 3.86. The zero-order chi connectivity index (χ0) is 13.5. The number of carboxylic acids is 1. The summed E-state index contributed by atoms with van der Waals surface area (Å²) < 4.78 is 30.2. The summed E-state index contributed by atoms with van der Waals surface area (Å²) in [4.78, 5) is 11.0. The number of rotatable bonds is 9. The predicted octanol–water partition coefficient (Wildman–Crippen LogP) is 0.442. The second-order valence-electron chi connectivity index (χ2n) is 3.98. The topological polar surface area (TPSA) is 92.7 Å². The highest BCUT2D eigenvalue weighted by atomic mass is 32.2. The predicted molar refractivity (Wildman–Crippen MR) is 64.3 cm³/mol. The molecule has 0 unspecified atom stereocenters. The van der Waals surface area contributed by atoms with Crippen molar-refractivity contribution < 1.29 is 23.1 Å². The minimum atomic E-state index is -3.56. The lowest BCUT2D eigenvalue weighted by Crippen LogP contribution is -2.45. The molecule has 6 nitrogen and oxygen atoms in total. The van der Waals surface area contributed by atoms with Crippen LogP contribution in [0.3, 0.4) is 0 Å². The molecule has 0 aromatic heterocycles. The van der Waals surface area contributed by atoms with E-state index in [0.717, 1.165) is 0 Å². The zero-order valence-corrected chi connectivity index (χ0v) is 11.3. The SMILES string of the molecule is CC[C@H](C)[C@H](NS(=O)(=O)CCCOC)C(=O)O. The molecule has 0 aliphatic heterocycles. The van der Waals surface area contributed by atoms with Crippen LogP contribution in [0.25, 0.3) is 0 Å². The van der Waals surface area contributed by atoms with Crippen molar-refractivity contribution in [2.24, 2.45) is 5.92 Å². The van der Waals surface area contributed by atoms with Gasteiger partial charge >= 0.3 is 5.97 Å². The first-order valence-corrected chi connectivity index (χ1v) is 7.21. The van der Waals surface area contributed by atoms with Crippen LogP contribution < -0.4 is 4.72 Å². The standard InChI is InChI=1S/C10H21NO5S/c1-4-8(2)9(10(12)13)11-17(14,15)7-5-6-16-3/h8-9,11H,4-7H2,1-3H3,(H,12,13)/t8-,9-/m0/s1. The van der Waals surface area contributed by atoms with E-state index < -0.39 is 22.0 Å². The van der Waals surface area contributed by atoms with Crippen LogP contribution in [-0.2, 0) is 19.6 Å². The molecule has 7 heteroatoms. The Labute approximate surface area is 102 Å². The largest absolute Gasteiger partial charge is 0.480 e. The smallest absolute Gasteiger partial charge is 0.322 e. The third kappa shape index (κ3) is 6.60. The van der Waals surface area contributed by atoms with E-state index in [1.165, 1.54) is 7.11 Å². The molecule has 17 heavy (non-hydrogen) atoms. The third-order valence-corrected chi connectivity index (χ3v) is 3.99. The summed E-state index contributed by atoms with van der Waals surface area (Å²) in [5.41, 5.74) is 0. The first kappa shape index (κ1) is 16.3. The summed E-state index contributed by atoms with van der Waals surface area (Å²) in [5, 5.41) is 8.96. The summed E-state index contributed by atoms with van der Waals surface area (Å²) in [6.07, 6.45) is 0.941. The van der Waals surface area contributed by atoms with Gasteiger partial charge in [0.25, 0.3) is 0 Å². The lowest BCUT2D eigenvalue weighted by Gasteiger charge is -2.19. The molecule has 2 N–H and O–H groups in total. The van der Waals surface area contributed by atoms with Gasteiger partial charge in [0, 0.05) is 13.7 Å². The van der Waals surface area contributed by atoms with Crippen LogP contribution in [0.15, 0.2) is 0 Å². The molecule has 0 amide bonds. The molecule has 0 spiro atoms. The maximum absolute atomic E-state index is 11.6. The third-order valence-electron chi connectivity index (χ3n) is 2.55. The number of ether oxygens (including phenoxy) is 1. The minimum absolute atomic E-state index is 0.124. The van der Waals surface area contributed by atoms with Gasteiger partial charge in [-0.05, 0) is 12.3 Å². The van der Waals surface area contributed by atoms with Crippen LogP contribution in [0.5, 0.6) is 0 Å². The average molecular weight is 267 g/mol. The highest BCUT2D eigenvalue weighted by Crippen LogP contribution is 2.09. The van der Waals surface area contributed by atoms with Gasteiger partial charge in [0.15, 0.2) is 0 Å². The van der Waals surface area contributed by atoms with E-state index in [4.69, 9.17) is 9.84 Å². The summed E-state index contributed by atoms with van der Waals surface area (Å²) >= 11 is 0. The number of methoxy groups -OCH3 is 1. The van der Waals surface area contributed by atoms with Crippen LogP contribution >= 0.6 is 0 Å². The number of carboxylic acid groups (broad SMARTS) is 1. The van der Waals surface area contributed by atoms with Gasteiger partial charge in [-0.1, -0.05) is 20.3 Å². The average Bonchev–Trinajstić information content (AvgIpc) is 2.25. The number of aliphatic carboxylic acids is 1. The molecular weight excluding hydrogens is 246 g/mol. The Bertz CT molecular complexity index is 328. The molecule has 0 aromatic rings. The van der Waals surface area contributed by atoms with Gasteiger partial charge in [0.05, 0.1) is 5.75 Å². The van der Waals surface area contributed by atoms with E-state index >= 15 is 0 Å². The molecule has 0 rings (SSSR count). The quantitative estimate of drug-likeness (QED) is 0.591. The van der Waals surface area contributed by atoms with Crippen molar-refractivity contribution >= 4 is 16.0 Å². The van der Waals surface area contributed by atoms with E-state index in [2.05, 4.69) is 4.72 Å². The maximum Gasteiger partial charge on any atom is 0.322 e. The summed E-state index contributed by atoms with van der Waals surface area (Å²) in [5.74, 6) is -1.51. The van der Waals surface area contributed by atoms with Crippen LogP contribution in [0, 0.1) is 5.92 Å². The van der Waals surface area contributed by atoms with Crippen molar-refractivity contribution in [2.45, 2.75) is 32.7 Å². The fraction of sp³-hybridized carbons (Fsp3) is 0.900. The van der Waals surface area contributed by atoms with E-state index in [1.54, 1.807) is 6.92 Å². The highest BCUT2D eigenvalue weighted by molar-refractivity contribution is 7.89. The number of hydrogen-bond donors (Lipinski definition) is 2. The van der Waals surface area contributed by atoms with Crippen LogP contribution in [-0.4, -0.2) is 45.0 Å². The monoisotopic (exact) mass is 267 g/mol. The Kier molecular flexibility index (Phi) is 7.33. The second-order valence-corrected chi connectivity index (χ2v) is 5.86. The van der Waals surface area contributed by atoms with E-state index in [-0.39, 0.29) is 11.7 Å². The molecule has 0 saturated heterocycles. The number of nitrogens with one attached hydrogen (secondary N) is 1. The van der Waals surface area contributed by atoms with Gasteiger partial charge in [-0.15, -0.1) is 0 Å².